The van der Waals surface area contributed by atoms with Crippen molar-refractivity contribution in [3.8, 4) is 5.75 Å². The van der Waals surface area contributed by atoms with Gasteiger partial charge in [-0.2, -0.15) is 0 Å². The van der Waals surface area contributed by atoms with Crippen LogP contribution in [0.4, 0.5) is 4.79 Å². The van der Waals surface area contributed by atoms with Gasteiger partial charge in [-0.05, 0) is 39.2 Å². The van der Waals surface area contributed by atoms with Gasteiger partial charge in [0, 0.05) is 12.1 Å². The number of aromatic hydroxyl groups is 1. The first-order chi connectivity index (χ1) is 17.9. The van der Waals surface area contributed by atoms with Crippen LogP contribution in [-0.4, -0.2) is 65.7 Å². The van der Waals surface area contributed by atoms with Crippen LogP contribution in [0.15, 0.2) is 24.3 Å². The van der Waals surface area contributed by atoms with Gasteiger partial charge in [0.15, 0.2) is 0 Å². The number of ether oxygens (including phenoxy) is 2. The number of hydrogen-bond acceptors (Lipinski definition) is 7. The summed E-state index contributed by atoms with van der Waals surface area (Å²) in [6, 6.07) is 4.02. The van der Waals surface area contributed by atoms with Gasteiger partial charge < -0.3 is 30.1 Å². The highest BCUT2D eigenvalue weighted by molar-refractivity contribution is 5.93. The quantitative estimate of drug-likeness (QED) is 0.241. The molecule has 0 fully saturated rings. The third-order valence-electron chi connectivity index (χ3n) is 6.11. The van der Waals surface area contributed by atoms with Crippen LogP contribution >= 0.6 is 0 Å². The topological polar surface area (TPSA) is 134 Å². The Bertz CT molecular complexity index is 929. The van der Waals surface area contributed by atoms with Crippen LogP contribution in [0.25, 0.3) is 0 Å². The van der Waals surface area contributed by atoms with Crippen molar-refractivity contribution in [2.75, 3.05) is 20.2 Å². The minimum absolute atomic E-state index is 0.169. The summed E-state index contributed by atoms with van der Waals surface area (Å²) in [7, 11) is 1.21. The molecule has 214 valence electrons. The van der Waals surface area contributed by atoms with Gasteiger partial charge in [-0.25, -0.2) is 4.79 Å². The third-order valence-corrected chi connectivity index (χ3v) is 6.11. The van der Waals surface area contributed by atoms with Gasteiger partial charge in [-0.1, -0.05) is 64.7 Å². The molecule has 0 saturated heterocycles. The van der Waals surface area contributed by atoms with E-state index in [9.17, 15) is 24.3 Å². The molecular weight excluding hydrogens is 490 g/mol. The van der Waals surface area contributed by atoms with E-state index < -0.39 is 48.1 Å². The van der Waals surface area contributed by atoms with Gasteiger partial charge >= 0.3 is 12.1 Å². The molecule has 3 unspecified atom stereocenters. The molecular formula is C28H45N3O7. The average Bonchev–Trinajstić information content (AvgIpc) is 2.86. The second-order valence-corrected chi connectivity index (χ2v) is 10.4. The zero-order chi connectivity index (χ0) is 28.9. The minimum Gasteiger partial charge on any atom is -0.508 e. The predicted molar refractivity (Wildman–Crippen MR) is 144 cm³/mol. The molecule has 1 rings (SSSR count). The molecule has 0 spiro atoms. The van der Waals surface area contributed by atoms with Crippen molar-refractivity contribution >= 4 is 23.9 Å². The lowest BCUT2D eigenvalue weighted by Crippen LogP contribution is -2.55. The van der Waals surface area contributed by atoms with Crippen LogP contribution in [0.3, 0.4) is 0 Å². The highest BCUT2D eigenvalue weighted by Gasteiger charge is 2.38. The van der Waals surface area contributed by atoms with Crippen LogP contribution in [0.1, 0.15) is 85.3 Å². The average molecular weight is 536 g/mol. The van der Waals surface area contributed by atoms with Crippen molar-refractivity contribution in [2.24, 2.45) is 5.92 Å². The van der Waals surface area contributed by atoms with Crippen molar-refractivity contribution in [1.29, 1.82) is 0 Å². The maximum absolute atomic E-state index is 14.1. The number of nitrogens with one attached hydrogen (secondary N) is 2. The Morgan fingerprint density at radius 1 is 1.05 bits per heavy atom. The monoisotopic (exact) mass is 535 g/mol. The smallest absolute Gasteiger partial charge is 0.408 e. The number of alkyl carbamates (subject to hydrolysis) is 1. The largest absolute Gasteiger partial charge is 0.508 e. The highest BCUT2D eigenvalue weighted by Crippen LogP contribution is 2.31. The Kier molecular flexibility index (Phi) is 13.6. The van der Waals surface area contributed by atoms with Gasteiger partial charge in [0.2, 0.25) is 11.8 Å². The van der Waals surface area contributed by atoms with Gasteiger partial charge in [0.05, 0.1) is 7.11 Å². The Labute approximate surface area is 226 Å². The first kappa shape index (κ1) is 32.7. The number of phenols is 1. The molecule has 0 aliphatic rings. The lowest BCUT2D eigenvalue weighted by molar-refractivity contribution is -0.145. The maximum Gasteiger partial charge on any atom is 0.408 e. The number of phenolic OH excluding ortho intramolecular Hbond substituents is 1. The molecule has 0 aromatic heterocycles. The van der Waals surface area contributed by atoms with Gasteiger partial charge in [-0.3, -0.25) is 14.4 Å². The molecule has 0 bridgehead atoms. The van der Waals surface area contributed by atoms with Gasteiger partial charge in [-0.15, -0.1) is 0 Å². The predicted octanol–water partition coefficient (Wildman–Crippen LogP) is 4.07. The van der Waals surface area contributed by atoms with E-state index in [0.717, 1.165) is 19.3 Å². The summed E-state index contributed by atoms with van der Waals surface area (Å²) in [5.74, 6) is -2.24. The summed E-state index contributed by atoms with van der Waals surface area (Å²) in [5.41, 5.74) is -0.557. The number of benzene rings is 1. The van der Waals surface area contributed by atoms with Crippen LogP contribution in [-0.2, 0) is 23.9 Å². The molecule has 0 radical (unpaired) electrons. The van der Waals surface area contributed by atoms with Crippen LogP contribution in [0.5, 0.6) is 5.75 Å². The molecule has 1 aromatic rings. The van der Waals surface area contributed by atoms with Crippen LogP contribution in [0, 0.1) is 5.92 Å². The van der Waals surface area contributed by atoms with E-state index in [1.54, 1.807) is 39.0 Å². The number of rotatable bonds is 14. The molecule has 1 aromatic carbocycles. The summed E-state index contributed by atoms with van der Waals surface area (Å²) in [5, 5.41) is 15.9. The van der Waals surface area contributed by atoms with E-state index in [1.165, 1.54) is 18.1 Å². The molecule has 0 saturated carbocycles. The van der Waals surface area contributed by atoms with Gasteiger partial charge in [0.25, 0.3) is 0 Å². The fourth-order valence-corrected chi connectivity index (χ4v) is 3.87. The van der Waals surface area contributed by atoms with Crippen molar-refractivity contribution in [3.05, 3.63) is 29.8 Å². The number of carbonyl (C=O) groups is 4. The van der Waals surface area contributed by atoms with Crippen molar-refractivity contribution < 1.29 is 33.8 Å². The van der Waals surface area contributed by atoms with E-state index in [-0.39, 0.29) is 23.8 Å². The minimum atomic E-state index is -1.25. The zero-order valence-corrected chi connectivity index (χ0v) is 23.8. The van der Waals surface area contributed by atoms with E-state index in [0.29, 0.717) is 12.8 Å². The number of para-hydroxylation sites is 1. The lowest BCUT2D eigenvalue weighted by atomic mass is 9.95. The van der Waals surface area contributed by atoms with Crippen LogP contribution in [0.2, 0.25) is 0 Å². The second-order valence-electron chi connectivity index (χ2n) is 10.4. The molecule has 10 nitrogen and oxygen atoms in total. The first-order valence-electron chi connectivity index (χ1n) is 13.3. The molecule has 3 amide bonds. The molecule has 38 heavy (non-hydrogen) atoms. The zero-order valence-electron chi connectivity index (χ0n) is 23.8. The number of methoxy groups -OCH3 is 1. The Morgan fingerprint density at radius 2 is 1.71 bits per heavy atom. The number of nitrogens with zero attached hydrogens (tertiary/aromatic N) is 1. The molecule has 3 N–H and O–H groups in total. The number of amides is 3. The lowest BCUT2D eigenvalue weighted by Gasteiger charge is -2.36. The number of unbranched alkanes of at least 4 members (excludes halogenated alkanes) is 3. The van der Waals surface area contributed by atoms with E-state index in [2.05, 4.69) is 22.3 Å². The summed E-state index contributed by atoms with van der Waals surface area (Å²) in [6.07, 6.45) is 3.19. The molecule has 3 atom stereocenters. The van der Waals surface area contributed by atoms with E-state index in [1.807, 2.05) is 13.8 Å². The first-order valence-corrected chi connectivity index (χ1v) is 13.3. The fraction of sp³-hybridized carbons (Fsp3) is 0.643. The molecule has 0 heterocycles. The summed E-state index contributed by atoms with van der Waals surface area (Å²) >= 11 is 0. The standard InChI is InChI=1S/C28H45N3O7/c1-8-10-11-14-17-31(26(35)23(19(3)9-2)30-27(36)38-28(4,5)6)24(20-15-12-13-16-21(20)32)25(34)29-18-22(33)37-7/h12-13,15-16,19,23-24,32H,8-11,14,17-18H2,1-7H3,(H,29,34)(H,30,36). The Balaban J connectivity index is 3.52. The summed E-state index contributed by atoms with van der Waals surface area (Å²) < 4.78 is 10.0. The van der Waals surface area contributed by atoms with Gasteiger partial charge in [0.1, 0.15) is 30.0 Å². The van der Waals surface area contributed by atoms with Crippen molar-refractivity contribution in [1.82, 2.24) is 15.5 Å². The van der Waals surface area contributed by atoms with E-state index >= 15 is 0 Å². The van der Waals surface area contributed by atoms with E-state index in [4.69, 9.17) is 4.74 Å². The van der Waals surface area contributed by atoms with Crippen molar-refractivity contribution in [2.45, 2.75) is 91.3 Å². The molecule has 10 heteroatoms. The maximum atomic E-state index is 14.1. The Morgan fingerprint density at radius 3 is 2.26 bits per heavy atom. The number of hydrogen-bond donors (Lipinski definition) is 3. The number of esters is 1. The normalized spacial score (nSPS) is 13.6. The van der Waals surface area contributed by atoms with Crippen LogP contribution < -0.4 is 10.6 Å². The summed E-state index contributed by atoms with van der Waals surface area (Å²) in [4.78, 5) is 53.4. The number of carbonyl (C=O) groups excluding carboxylic acids is 4. The second kappa shape index (κ2) is 15.8. The summed E-state index contributed by atoms with van der Waals surface area (Å²) in [6.45, 7) is 10.8. The highest BCUT2D eigenvalue weighted by atomic mass is 16.6. The van der Waals surface area contributed by atoms with Crippen molar-refractivity contribution in [3.63, 3.8) is 0 Å². The SMILES string of the molecule is CCCCCCN(C(=O)C(NC(=O)OC(C)(C)C)C(C)CC)C(C(=O)NCC(=O)OC)c1ccccc1O. The third kappa shape index (κ3) is 10.6. The molecule has 0 aliphatic carbocycles. The fourth-order valence-electron chi connectivity index (χ4n) is 3.87. The molecule has 0 aliphatic heterocycles. The Hall–Kier alpha value is -3.30.